The van der Waals surface area contributed by atoms with E-state index in [1.807, 2.05) is 0 Å². The van der Waals surface area contributed by atoms with Crippen LogP contribution in [0.1, 0.15) is 59.8 Å². The van der Waals surface area contributed by atoms with Gasteiger partial charge in [-0.2, -0.15) is 0 Å². The molecule has 0 bridgehead atoms. The van der Waals surface area contributed by atoms with E-state index in [-0.39, 0.29) is 5.78 Å². The molecule has 1 nitrogen and oxygen atoms in total. The van der Waals surface area contributed by atoms with Crippen molar-refractivity contribution in [2.24, 2.45) is 22.7 Å². The van der Waals surface area contributed by atoms with Crippen LogP contribution >= 0.6 is 0 Å². The summed E-state index contributed by atoms with van der Waals surface area (Å²) in [6, 6.07) is 0. The first-order chi connectivity index (χ1) is 8.77. The number of carbonyl (C=O) groups excluding carboxylic acids is 1. The van der Waals surface area contributed by atoms with Gasteiger partial charge >= 0.3 is 0 Å². The van der Waals surface area contributed by atoms with Gasteiger partial charge in [0.25, 0.3) is 0 Å². The predicted molar refractivity (Wildman–Crippen MR) is 80.9 cm³/mol. The number of ketones is 1. The van der Waals surface area contributed by atoms with Crippen LogP contribution in [0, 0.1) is 22.7 Å². The summed E-state index contributed by atoms with van der Waals surface area (Å²) in [6.45, 7) is 13.2. The van der Waals surface area contributed by atoms with Crippen molar-refractivity contribution < 1.29 is 4.79 Å². The summed E-state index contributed by atoms with van der Waals surface area (Å²) in [7, 11) is 0. The van der Waals surface area contributed by atoms with Gasteiger partial charge in [0.05, 0.1) is 0 Å². The van der Waals surface area contributed by atoms with Crippen LogP contribution in [-0.4, -0.2) is 5.78 Å². The van der Waals surface area contributed by atoms with Gasteiger partial charge in [0.2, 0.25) is 0 Å². The highest BCUT2D eigenvalue weighted by Gasteiger charge is 2.52. The summed E-state index contributed by atoms with van der Waals surface area (Å²) in [4.78, 5) is 11.3. The van der Waals surface area contributed by atoms with Gasteiger partial charge in [0, 0.05) is 5.92 Å². The summed E-state index contributed by atoms with van der Waals surface area (Å²) in [6.07, 6.45) is 10.2. The molecule has 0 aromatic carbocycles. The third-order valence-electron chi connectivity index (χ3n) is 5.70. The molecule has 0 heterocycles. The Morgan fingerprint density at radius 1 is 1.32 bits per heavy atom. The number of fused-ring (bicyclic) bond motifs is 1. The minimum Gasteiger partial charge on any atom is -0.295 e. The van der Waals surface area contributed by atoms with Crippen molar-refractivity contribution in [2.75, 3.05) is 0 Å². The van der Waals surface area contributed by atoms with Gasteiger partial charge in [-0.25, -0.2) is 0 Å². The summed E-state index contributed by atoms with van der Waals surface area (Å²) < 4.78 is 0. The standard InChI is InChI=1S/C18H28O/c1-13-7-10-16-17(3,4)11-6-12-18(16,5)15(13)9-8-14(2)19/h8-9,15-16H,1,6-7,10-12H2,2-5H3. The highest BCUT2D eigenvalue weighted by molar-refractivity contribution is 5.87. The number of hydrogen-bond donors (Lipinski definition) is 0. The zero-order valence-electron chi connectivity index (χ0n) is 13.0. The molecule has 0 N–H and O–H groups in total. The largest absolute Gasteiger partial charge is 0.295 e. The molecule has 2 rings (SSSR count). The highest BCUT2D eigenvalue weighted by Crippen LogP contribution is 2.61. The first-order valence-corrected chi connectivity index (χ1v) is 7.64. The van der Waals surface area contributed by atoms with Gasteiger partial charge in [-0.1, -0.05) is 45.4 Å². The SMILES string of the molecule is C=C1CCC2C(C)(C)CCCC2(C)C1C=CC(C)=O. The fourth-order valence-corrected chi connectivity index (χ4v) is 4.80. The average molecular weight is 260 g/mol. The normalized spacial score (nSPS) is 38.2. The molecule has 3 unspecified atom stereocenters. The molecular weight excluding hydrogens is 232 g/mol. The lowest BCUT2D eigenvalue weighted by Gasteiger charge is -2.57. The molecule has 2 aliphatic carbocycles. The summed E-state index contributed by atoms with van der Waals surface area (Å²) in [5.74, 6) is 1.28. The molecule has 2 saturated carbocycles. The lowest BCUT2D eigenvalue weighted by molar-refractivity contribution is -0.112. The number of rotatable bonds is 2. The maximum absolute atomic E-state index is 11.3. The van der Waals surface area contributed by atoms with E-state index in [4.69, 9.17) is 0 Å². The third-order valence-corrected chi connectivity index (χ3v) is 5.70. The quantitative estimate of drug-likeness (QED) is 0.508. The Kier molecular flexibility index (Phi) is 3.77. The van der Waals surface area contributed by atoms with Crippen LogP contribution in [-0.2, 0) is 4.79 Å². The molecule has 0 saturated heterocycles. The van der Waals surface area contributed by atoms with E-state index in [0.717, 1.165) is 12.3 Å². The Hall–Kier alpha value is -0.850. The van der Waals surface area contributed by atoms with Gasteiger partial charge < -0.3 is 0 Å². The molecule has 0 spiro atoms. The maximum atomic E-state index is 11.3. The average Bonchev–Trinajstić information content (AvgIpc) is 2.26. The van der Waals surface area contributed by atoms with Gasteiger partial charge in [0.15, 0.2) is 5.78 Å². The number of hydrogen-bond acceptors (Lipinski definition) is 1. The maximum Gasteiger partial charge on any atom is 0.152 e. The first-order valence-electron chi connectivity index (χ1n) is 7.64. The molecule has 0 aromatic rings. The van der Waals surface area contributed by atoms with Crippen molar-refractivity contribution in [3.8, 4) is 0 Å². The van der Waals surface area contributed by atoms with Gasteiger partial charge in [-0.15, -0.1) is 0 Å². The summed E-state index contributed by atoms with van der Waals surface area (Å²) in [5, 5.41) is 0. The second-order valence-electron chi connectivity index (χ2n) is 7.54. The smallest absolute Gasteiger partial charge is 0.152 e. The molecule has 0 radical (unpaired) electrons. The van der Waals surface area contributed by atoms with E-state index in [0.29, 0.717) is 16.7 Å². The Balaban J connectivity index is 2.35. The lowest BCUT2D eigenvalue weighted by atomic mass is 9.47. The van der Waals surface area contributed by atoms with E-state index >= 15 is 0 Å². The summed E-state index contributed by atoms with van der Waals surface area (Å²) >= 11 is 0. The first kappa shape index (κ1) is 14.6. The van der Waals surface area contributed by atoms with E-state index in [1.165, 1.54) is 31.3 Å². The molecule has 1 heteroatoms. The van der Waals surface area contributed by atoms with E-state index in [1.54, 1.807) is 13.0 Å². The monoisotopic (exact) mass is 260 g/mol. The number of carbonyl (C=O) groups is 1. The minimum absolute atomic E-state index is 0.147. The van der Waals surface area contributed by atoms with Gasteiger partial charge in [0.1, 0.15) is 0 Å². The third kappa shape index (κ3) is 2.57. The molecule has 2 aliphatic rings. The van der Waals surface area contributed by atoms with Crippen molar-refractivity contribution in [1.29, 1.82) is 0 Å². The van der Waals surface area contributed by atoms with Crippen molar-refractivity contribution in [3.05, 3.63) is 24.3 Å². The topological polar surface area (TPSA) is 17.1 Å². The molecule has 2 fully saturated rings. The van der Waals surface area contributed by atoms with Crippen LogP contribution in [0.25, 0.3) is 0 Å². The van der Waals surface area contributed by atoms with Crippen LogP contribution in [0.15, 0.2) is 24.3 Å². The highest BCUT2D eigenvalue weighted by atomic mass is 16.1. The molecule has 0 amide bonds. The van der Waals surface area contributed by atoms with E-state index in [2.05, 4.69) is 33.4 Å². The Morgan fingerprint density at radius 2 is 2.00 bits per heavy atom. The predicted octanol–water partition coefficient (Wildman–Crippen LogP) is 4.93. The zero-order valence-corrected chi connectivity index (χ0v) is 13.0. The Morgan fingerprint density at radius 3 is 2.63 bits per heavy atom. The Labute approximate surface area is 118 Å². The minimum atomic E-state index is 0.147. The van der Waals surface area contributed by atoms with Crippen LogP contribution in [0.5, 0.6) is 0 Å². The fourth-order valence-electron chi connectivity index (χ4n) is 4.80. The second-order valence-corrected chi connectivity index (χ2v) is 7.54. The Bertz CT molecular complexity index is 415. The lowest BCUT2D eigenvalue weighted by Crippen LogP contribution is -2.48. The molecule has 106 valence electrons. The van der Waals surface area contributed by atoms with Crippen LogP contribution in [0.3, 0.4) is 0 Å². The van der Waals surface area contributed by atoms with Crippen molar-refractivity contribution >= 4 is 5.78 Å². The van der Waals surface area contributed by atoms with Crippen LogP contribution < -0.4 is 0 Å². The van der Waals surface area contributed by atoms with Crippen molar-refractivity contribution in [3.63, 3.8) is 0 Å². The van der Waals surface area contributed by atoms with Crippen molar-refractivity contribution in [1.82, 2.24) is 0 Å². The van der Waals surface area contributed by atoms with Crippen LogP contribution in [0.4, 0.5) is 0 Å². The van der Waals surface area contributed by atoms with E-state index in [9.17, 15) is 4.79 Å². The fraction of sp³-hybridized carbons (Fsp3) is 0.722. The van der Waals surface area contributed by atoms with Crippen LogP contribution in [0.2, 0.25) is 0 Å². The molecule has 3 atom stereocenters. The van der Waals surface area contributed by atoms with Gasteiger partial charge in [-0.05, 0) is 55.4 Å². The van der Waals surface area contributed by atoms with Crippen molar-refractivity contribution in [2.45, 2.75) is 59.8 Å². The molecule has 19 heavy (non-hydrogen) atoms. The second kappa shape index (κ2) is 4.92. The zero-order chi connectivity index (χ0) is 14.3. The van der Waals surface area contributed by atoms with E-state index < -0.39 is 0 Å². The molecule has 0 aliphatic heterocycles. The molecular formula is C18H28O. The van der Waals surface area contributed by atoms with Gasteiger partial charge in [-0.3, -0.25) is 4.79 Å². The number of allylic oxidation sites excluding steroid dienone is 3. The summed E-state index contributed by atoms with van der Waals surface area (Å²) in [5.41, 5.74) is 2.05. The molecule has 0 aromatic heterocycles.